The Morgan fingerprint density at radius 3 is 2.48 bits per heavy atom. The molecule has 6 nitrogen and oxygen atoms in total. The van der Waals surface area contributed by atoms with Gasteiger partial charge in [0.2, 0.25) is 0 Å². The van der Waals surface area contributed by atoms with Gasteiger partial charge in [-0.05, 0) is 93.3 Å². The zero-order valence-corrected chi connectivity index (χ0v) is 20.9. The molecule has 1 heterocycles. The number of nitrogens with zero attached hydrogens (tertiary/aromatic N) is 1. The topological polar surface area (TPSA) is 78.9 Å². The number of carbonyl (C=O) groups excluding carboxylic acids is 2. The molecule has 0 spiro atoms. The van der Waals surface area contributed by atoms with Crippen LogP contribution in [0.15, 0.2) is 0 Å². The second-order valence-corrected chi connectivity index (χ2v) is 12.4. The first kappa shape index (κ1) is 23.4. The number of hydrogen-bond acceptors (Lipinski definition) is 4. The van der Waals surface area contributed by atoms with Crippen LogP contribution in [-0.4, -0.2) is 53.8 Å². The molecule has 2 N–H and O–H groups in total. The van der Waals surface area contributed by atoms with E-state index in [4.69, 9.17) is 4.74 Å². The fraction of sp³-hybridized carbons (Fsp3) is 0.926. The summed E-state index contributed by atoms with van der Waals surface area (Å²) in [5, 5.41) is 12.9. The zero-order valence-electron chi connectivity index (χ0n) is 20.9. The summed E-state index contributed by atoms with van der Waals surface area (Å²) < 4.78 is 6.29. The molecule has 0 aromatic carbocycles. The summed E-state index contributed by atoms with van der Waals surface area (Å²) in [4.78, 5) is 28.4. The molecule has 1 aliphatic heterocycles. The summed E-state index contributed by atoms with van der Waals surface area (Å²) >= 11 is 0. The first-order valence-electron chi connectivity index (χ1n) is 13.6. The quantitative estimate of drug-likeness (QED) is 0.636. The average molecular weight is 461 g/mol. The SMILES string of the molecule is CNC(=O)C1(OC(=O)N2CCCC(O)C2)CC[C@H]2[C@@H]3CCC4CCCC[C@]4(C)[C@@H]3CC[C@@]21C. The summed E-state index contributed by atoms with van der Waals surface area (Å²) in [5.74, 6) is 2.51. The fourth-order valence-corrected chi connectivity index (χ4v) is 9.42. The summed E-state index contributed by atoms with van der Waals surface area (Å²) in [6.07, 6.45) is 12.3. The number of likely N-dealkylation sites (N-methyl/N-ethyl adjacent to an activating group) is 1. The van der Waals surface area contributed by atoms with E-state index >= 15 is 0 Å². The zero-order chi connectivity index (χ0) is 23.4. The van der Waals surface area contributed by atoms with Crippen molar-refractivity contribution in [3.8, 4) is 0 Å². The number of aliphatic hydroxyl groups is 1. The molecular weight excluding hydrogens is 416 g/mol. The predicted molar refractivity (Wildman–Crippen MR) is 126 cm³/mol. The maximum absolute atomic E-state index is 13.5. The van der Waals surface area contributed by atoms with Gasteiger partial charge in [-0.2, -0.15) is 0 Å². The van der Waals surface area contributed by atoms with Gasteiger partial charge in [0.25, 0.3) is 5.91 Å². The maximum atomic E-state index is 13.5. The molecule has 5 aliphatic rings. The van der Waals surface area contributed by atoms with Crippen LogP contribution in [0.1, 0.15) is 90.9 Å². The van der Waals surface area contributed by atoms with Crippen molar-refractivity contribution in [1.82, 2.24) is 10.2 Å². The number of nitrogens with one attached hydrogen (secondary N) is 1. The van der Waals surface area contributed by atoms with Gasteiger partial charge in [-0.25, -0.2) is 4.79 Å². The standard InChI is InChI=1S/C27H44N2O4/c1-25-13-5-4-7-18(25)9-10-20-21(25)11-14-26(2)22(20)12-15-27(26,23(31)28-3)33-24(32)29-16-6-8-19(30)17-29/h18-22,30H,4-17H2,1-3H3,(H,28,31)/t18?,19?,20-,21-,22+,25+,26+,27?/m1/s1. The van der Waals surface area contributed by atoms with Crippen LogP contribution in [0.25, 0.3) is 0 Å². The normalized spacial score (nSPS) is 47.2. The van der Waals surface area contributed by atoms with Crippen LogP contribution in [0.2, 0.25) is 0 Å². The lowest BCUT2D eigenvalue weighted by atomic mass is 9.44. The van der Waals surface area contributed by atoms with Crippen LogP contribution >= 0.6 is 0 Å². The summed E-state index contributed by atoms with van der Waals surface area (Å²) in [5.41, 5.74) is -1.00. The Morgan fingerprint density at radius 1 is 0.939 bits per heavy atom. The molecule has 2 amide bonds. The monoisotopic (exact) mass is 460 g/mol. The van der Waals surface area contributed by atoms with Gasteiger partial charge in [0.15, 0.2) is 5.60 Å². The lowest BCUT2D eigenvalue weighted by molar-refractivity contribution is -0.173. The fourth-order valence-electron chi connectivity index (χ4n) is 9.42. The van der Waals surface area contributed by atoms with E-state index in [9.17, 15) is 14.7 Å². The van der Waals surface area contributed by atoms with E-state index < -0.39 is 17.8 Å². The van der Waals surface area contributed by atoms with E-state index in [-0.39, 0.29) is 11.3 Å². The largest absolute Gasteiger partial charge is 0.432 e. The molecule has 5 rings (SSSR count). The van der Waals surface area contributed by atoms with Crippen LogP contribution in [-0.2, 0) is 9.53 Å². The van der Waals surface area contributed by atoms with Crippen molar-refractivity contribution in [2.24, 2.45) is 34.5 Å². The Morgan fingerprint density at radius 2 is 1.73 bits per heavy atom. The van der Waals surface area contributed by atoms with Crippen molar-refractivity contribution in [2.75, 3.05) is 20.1 Å². The van der Waals surface area contributed by atoms with Crippen molar-refractivity contribution >= 4 is 12.0 Å². The second kappa shape index (κ2) is 8.42. The number of ether oxygens (including phenoxy) is 1. The number of rotatable bonds is 2. The lowest BCUT2D eigenvalue weighted by Gasteiger charge is -2.61. The Hall–Kier alpha value is -1.30. The lowest BCUT2D eigenvalue weighted by Crippen LogP contribution is -2.62. The highest BCUT2D eigenvalue weighted by atomic mass is 16.6. The molecule has 0 bridgehead atoms. The van der Waals surface area contributed by atoms with E-state index in [1.54, 1.807) is 11.9 Å². The molecular formula is C27H44N2O4. The van der Waals surface area contributed by atoms with Crippen molar-refractivity contribution in [1.29, 1.82) is 0 Å². The molecule has 4 aliphatic carbocycles. The van der Waals surface area contributed by atoms with Crippen molar-refractivity contribution in [2.45, 2.75) is 103 Å². The minimum Gasteiger partial charge on any atom is -0.432 e. The average Bonchev–Trinajstić information content (AvgIpc) is 3.11. The number of hydrogen-bond donors (Lipinski definition) is 2. The van der Waals surface area contributed by atoms with Crippen LogP contribution in [0.4, 0.5) is 4.79 Å². The van der Waals surface area contributed by atoms with Crippen molar-refractivity contribution < 1.29 is 19.4 Å². The van der Waals surface area contributed by atoms with Gasteiger partial charge in [-0.1, -0.05) is 26.7 Å². The third-order valence-corrected chi connectivity index (χ3v) is 11.2. The predicted octanol–water partition coefficient (Wildman–Crippen LogP) is 4.50. The van der Waals surface area contributed by atoms with Crippen molar-refractivity contribution in [3.63, 3.8) is 0 Å². The Bertz CT molecular complexity index is 788. The third kappa shape index (κ3) is 3.44. The Kier molecular flexibility index (Phi) is 5.98. The number of β-amino-alcohol motifs (C(OH)–C–C–N with tert-alkyl or cyclic N) is 1. The number of likely N-dealkylation sites (tertiary alicyclic amines) is 1. The molecule has 6 heteroatoms. The number of piperidine rings is 1. The molecule has 0 aromatic heterocycles. The number of aliphatic hydroxyl groups excluding tert-OH is 1. The van der Waals surface area contributed by atoms with Gasteiger partial charge < -0.3 is 20.1 Å². The minimum absolute atomic E-state index is 0.144. The smallest absolute Gasteiger partial charge is 0.410 e. The van der Waals surface area contributed by atoms with Gasteiger partial charge >= 0.3 is 6.09 Å². The molecule has 5 fully saturated rings. The van der Waals surface area contributed by atoms with Crippen molar-refractivity contribution in [3.05, 3.63) is 0 Å². The summed E-state index contributed by atoms with van der Waals surface area (Å²) in [6, 6.07) is 0. The summed E-state index contributed by atoms with van der Waals surface area (Å²) in [6.45, 7) is 5.69. The number of fused-ring (bicyclic) bond motifs is 5. The molecule has 4 saturated carbocycles. The van der Waals surface area contributed by atoms with Gasteiger partial charge in [0.05, 0.1) is 6.10 Å². The number of carbonyl (C=O) groups is 2. The maximum Gasteiger partial charge on any atom is 0.410 e. The van der Waals surface area contributed by atoms with Crippen LogP contribution < -0.4 is 5.32 Å². The highest BCUT2D eigenvalue weighted by Crippen LogP contribution is 2.69. The van der Waals surface area contributed by atoms with Gasteiger partial charge in [0.1, 0.15) is 0 Å². The molecule has 186 valence electrons. The Balaban J connectivity index is 1.42. The molecule has 0 radical (unpaired) electrons. The highest BCUT2D eigenvalue weighted by molar-refractivity contribution is 5.89. The van der Waals surface area contributed by atoms with E-state index in [0.717, 1.165) is 37.5 Å². The first-order valence-corrected chi connectivity index (χ1v) is 13.6. The number of amides is 2. The van der Waals surface area contributed by atoms with E-state index in [1.165, 1.54) is 38.5 Å². The minimum atomic E-state index is -1.11. The van der Waals surface area contributed by atoms with Crippen LogP contribution in [0, 0.1) is 34.5 Å². The van der Waals surface area contributed by atoms with E-state index in [2.05, 4.69) is 19.2 Å². The molecule has 1 saturated heterocycles. The highest BCUT2D eigenvalue weighted by Gasteiger charge is 2.69. The van der Waals surface area contributed by atoms with Gasteiger partial charge in [-0.3, -0.25) is 4.79 Å². The molecule has 33 heavy (non-hydrogen) atoms. The molecule has 0 aromatic rings. The van der Waals surface area contributed by atoms with Gasteiger partial charge in [-0.15, -0.1) is 0 Å². The third-order valence-electron chi connectivity index (χ3n) is 11.2. The Labute approximate surface area is 199 Å². The second-order valence-electron chi connectivity index (χ2n) is 12.4. The van der Waals surface area contributed by atoms with E-state index in [1.807, 2.05) is 0 Å². The molecule has 3 unspecified atom stereocenters. The van der Waals surface area contributed by atoms with Gasteiger partial charge in [0, 0.05) is 25.6 Å². The summed E-state index contributed by atoms with van der Waals surface area (Å²) in [7, 11) is 1.67. The first-order chi connectivity index (χ1) is 15.7. The van der Waals surface area contributed by atoms with Crippen LogP contribution in [0.5, 0.6) is 0 Å². The molecule has 8 atom stereocenters. The van der Waals surface area contributed by atoms with E-state index in [0.29, 0.717) is 43.2 Å². The van der Waals surface area contributed by atoms with Crippen LogP contribution in [0.3, 0.4) is 0 Å².